The zero-order valence-electron chi connectivity index (χ0n) is 10.8. The van der Waals surface area contributed by atoms with Crippen molar-refractivity contribution in [3.05, 3.63) is 20.8 Å². The number of nitrogens with two attached hydrogens (primary N) is 1. The minimum atomic E-state index is 0.204. The Morgan fingerprint density at radius 1 is 1.39 bits per heavy atom. The van der Waals surface area contributed by atoms with E-state index in [0.717, 1.165) is 12.0 Å². The van der Waals surface area contributed by atoms with Gasteiger partial charge in [-0.05, 0) is 66.6 Å². The van der Waals surface area contributed by atoms with Gasteiger partial charge in [-0.15, -0.1) is 11.3 Å². The van der Waals surface area contributed by atoms with Gasteiger partial charge in [-0.1, -0.05) is 0 Å². The maximum atomic E-state index is 6.29. The number of halogens is 1. The Hall–Kier alpha value is 0.1000. The van der Waals surface area contributed by atoms with Crippen LogP contribution in [0.25, 0.3) is 0 Å². The van der Waals surface area contributed by atoms with Crippen LogP contribution < -0.4 is 5.73 Å². The highest BCUT2D eigenvalue weighted by Crippen LogP contribution is 2.42. The lowest BCUT2D eigenvalue weighted by atomic mass is 10.1. The molecular weight excluding hydrogens is 308 g/mol. The minimum absolute atomic E-state index is 0.204. The summed E-state index contributed by atoms with van der Waals surface area (Å²) in [7, 11) is 0. The first-order valence-electron chi connectivity index (χ1n) is 6.91. The second-order valence-corrected chi connectivity index (χ2v) is 8.31. The molecule has 0 spiro atoms. The van der Waals surface area contributed by atoms with Crippen molar-refractivity contribution in [1.29, 1.82) is 0 Å². The van der Waals surface area contributed by atoms with Crippen molar-refractivity contribution < 1.29 is 0 Å². The fraction of sp³-hybridized carbons (Fsp3) is 0.714. The molecule has 0 saturated heterocycles. The third-order valence-corrected chi connectivity index (χ3v) is 5.62. The fourth-order valence-corrected chi connectivity index (χ4v) is 4.37. The third-order valence-electron chi connectivity index (χ3n) is 3.92. The molecule has 2 fully saturated rings. The number of rotatable bonds is 6. The maximum Gasteiger partial charge on any atom is 0.0702 e. The Morgan fingerprint density at radius 3 is 2.56 bits per heavy atom. The molecule has 2 unspecified atom stereocenters. The number of hydrogen-bond acceptors (Lipinski definition) is 3. The average molecular weight is 329 g/mol. The highest BCUT2D eigenvalue weighted by Gasteiger charge is 2.39. The van der Waals surface area contributed by atoms with Crippen LogP contribution in [-0.4, -0.2) is 23.5 Å². The molecule has 2 aliphatic carbocycles. The lowest BCUT2D eigenvalue weighted by Crippen LogP contribution is -2.41. The summed E-state index contributed by atoms with van der Waals surface area (Å²) in [6.45, 7) is 3.41. The molecule has 1 heterocycles. The van der Waals surface area contributed by atoms with Gasteiger partial charge in [-0.2, -0.15) is 0 Å². The van der Waals surface area contributed by atoms with Gasteiger partial charge in [-0.25, -0.2) is 0 Å². The molecule has 0 aliphatic heterocycles. The van der Waals surface area contributed by atoms with E-state index in [2.05, 4.69) is 39.9 Å². The largest absolute Gasteiger partial charge is 0.326 e. The van der Waals surface area contributed by atoms with Crippen LogP contribution in [0.15, 0.2) is 15.9 Å². The van der Waals surface area contributed by atoms with Crippen LogP contribution >= 0.6 is 27.3 Å². The fourth-order valence-electron chi connectivity index (χ4n) is 2.71. The lowest BCUT2D eigenvalue weighted by Gasteiger charge is -2.34. The molecule has 18 heavy (non-hydrogen) atoms. The molecule has 1 aromatic rings. The van der Waals surface area contributed by atoms with Crippen LogP contribution in [0.1, 0.15) is 43.5 Å². The summed E-state index contributed by atoms with van der Waals surface area (Å²) in [5.74, 6) is 0.940. The summed E-state index contributed by atoms with van der Waals surface area (Å²) in [6.07, 6.45) is 5.57. The van der Waals surface area contributed by atoms with Gasteiger partial charge in [-0.3, -0.25) is 4.90 Å². The first-order chi connectivity index (χ1) is 8.65. The smallest absolute Gasteiger partial charge is 0.0702 e. The molecule has 0 bridgehead atoms. The van der Waals surface area contributed by atoms with E-state index in [0.29, 0.717) is 6.04 Å². The Kier molecular flexibility index (Phi) is 3.81. The Morgan fingerprint density at radius 2 is 2.11 bits per heavy atom. The summed E-state index contributed by atoms with van der Waals surface area (Å²) < 4.78 is 1.21. The number of thiophene rings is 1. The van der Waals surface area contributed by atoms with E-state index in [4.69, 9.17) is 5.73 Å². The van der Waals surface area contributed by atoms with E-state index in [9.17, 15) is 0 Å². The third kappa shape index (κ3) is 2.98. The van der Waals surface area contributed by atoms with Crippen molar-refractivity contribution in [3.8, 4) is 0 Å². The predicted octanol–water partition coefficient (Wildman–Crippen LogP) is 3.77. The highest BCUT2D eigenvalue weighted by molar-refractivity contribution is 9.11. The van der Waals surface area contributed by atoms with Gasteiger partial charge in [0.1, 0.15) is 0 Å². The molecule has 1 aromatic heterocycles. The number of nitrogens with zero attached hydrogens (tertiary/aromatic N) is 1. The van der Waals surface area contributed by atoms with Crippen LogP contribution in [0.4, 0.5) is 0 Å². The molecule has 2 atom stereocenters. The zero-order valence-corrected chi connectivity index (χ0v) is 13.2. The molecule has 3 rings (SSSR count). The van der Waals surface area contributed by atoms with Crippen LogP contribution in [0, 0.1) is 5.92 Å². The van der Waals surface area contributed by atoms with Gasteiger partial charge in [0.05, 0.1) is 9.83 Å². The molecule has 0 amide bonds. The van der Waals surface area contributed by atoms with Gasteiger partial charge in [0.15, 0.2) is 0 Å². The molecule has 100 valence electrons. The van der Waals surface area contributed by atoms with Crippen molar-refractivity contribution in [1.82, 2.24) is 4.90 Å². The molecule has 4 heteroatoms. The van der Waals surface area contributed by atoms with E-state index in [1.54, 1.807) is 0 Å². The van der Waals surface area contributed by atoms with Gasteiger partial charge in [0.2, 0.25) is 0 Å². The van der Waals surface area contributed by atoms with Crippen LogP contribution in [-0.2, 0) is 0 Å². The first-order valence-corrected chi connectivity index (χ1v) is 8.52. The van der Waals surface area contributed by atoms with Gasteiger partial charge in [0.25, 0.3) is 0 Å². The topological polar surface area (TPSA) is 29.3 Å². The Balaban J connectivity index is 1.81. The first kappa shape index (κ1) is 13.1. The van der Waals surface area contributed by atoms with E-state index in [-0.39, 0.29) is 6.04 Å². The van der Waals surface area contributed by atoms with Crippen LogP contribution in [0.2, 0.25) is 0 Å². The zero-order chi connectivity index (χ0) is 12.7. The van der Waals surface area contributed by atoms with Crippen molar-refractivity contribution in [2.45, 2.75) is 50.7 Å². The maximum absolute atomic E-state index is 6.29. The van der Waals surface area contributed by atoms with E-state index >= 15 is 0 Å². The lowest BCUT2D eigenvalue weighted by molar-refractivity contribution is 0.161. The van der Waals surface area contributed by atoms with Gasteiger partial charge < -0.3 is 5.73 Å². The summed E-state index contributed by atoms with van der Waals surface area (Å²) in [5, 5.41) is 0. The molecule has 2 N–H and O–H groups in total. The summed E-state index contributed by atoms with van der Waals surface area (Å²) in [4.78, 5) is 4.12. The van der Waals surface area contributed by atoms with E-state index < -0.39 is 0 Å². The van der Waals surface area contributed by atoms with E-state index in [1.807, 2.05) is 11.3 Å². The van der Waals surface area contributed by atoms with Crippen LogP contribution in [0.5, 0.6) is 0 Å². The quantitative estimate of drug-likeness (QED) is 0.861. The Labute approximate surface area is 122 Å². The predicted molar refractivity (Wildman–Crippen MR) is 80.9 cm³/mol. The molecule has 0 radical (unpaired) electrons. The normalized spacial score (nSPS) is 23.3. The SMILES string of the molecule is CC(N)C(c1ccc(Br)s1)N(CC1CC1)C1CC1. The second-order valence-electron chi connectivity index (χ2n) is 5.82. The molecule has 0 aromatic carbocycles. The van der Waals surface area contributed by atoms with Gasteiger partial charge in [0, 0.05) is 23.5 Å². The van der Waals surface area contributed by atoms with Crippen molar-refractivity contribution >= 4 is 27.3 Å². The monoisotopic (exact) mass is 328 g/mol. The average Bonchev–Trinajstić information content (AvgIpc) is 3.19. The van der Waals surface area contributed by atoms with Crippen molar-refractivity contribution in [2.75, 3.05) is 6.54 Å². The highest BCUT2D eigenvalue weighted by atomic mass is 79.9. The van der Waals surface area contributed by atoms with Crippen molar-refractivity contribution in [2.24, 2.45) is 11.7 Å². The summed E-state index contributed by atoms with van der Waals surface area (Å²) in [5.41, 5.74) is 6.29. The summed E-state index contributed by atoms with van der Waals surface area (Å²) in [6, 6.07) is 5.80. The molecular formula is C14H21BrN2S. The minimum Gasteiger partial charge on any atom is -0.326 e. The summed E-state index contributed by atoms with van der Waals surface area (Å²) >= 11 is 5.41. The molecule has 2 nitrogen and oxygen atoms in total. The molecule has 2 saturated carbocycles. The van der Waals surface area contributed by atoms with Crippen molar-refractivity contribution in [3.63, 3.8) is 0 Å². The van der Waals surface area contributed by atoms with Gasteiger partial charge >= 0.3 is 0 Å². The second kappa shape index (κ2) is 5.23. The van der Waals surface area contributed by atoms with Crippen LogP contribution in [0.3, 0.4) is 0 Å². The number of hydrogen-bond donors (Lipinski definition) is 1. The van der Waals surface area contributed by atoms with E-state index in [1.165, 1.54) is 40.9 Å². The molecule has 2 aliphatic rings. The Bertz CT molecular complexity index is 410. The standard InChI is InChI=1S/C14H21BrN2S/c1-9(16)14(12-6-7-13(15)18-12)17(11-4-5-11)8-10-2-3-10/h6-7,9-11,14H,2-5,8,16H2,1H3.